The van der Waals surface area contributed by atoms with Crippen LogP contribution in [0.25, 0.3) is 16.7 Å². The van der Waals surface area contributed by atoms with Gasteiger partial charge in [0.05, 0.1) is 10.9 Å². The smallest absolute Gasteiger partial charge is 0.267 e. The summed E-state index contributed by atoms with van der Waals surface area (Å²) in [4.78, 5) is 21.9. The van der Waals surface area contributed by atoms with E-state index in [1.165, 1.54) is 0 Å². The normalized spacial score (nSPS) is 11.3. The van der Waals surface area contributed by atoms with Crippen LogP contribution in [-0.4, -0.2) is 19.8 Å². The molecule has 0 saturated heterocycles. The highest BCUT2D eigenvalue weighted by Crippen LogP contribution is 2.23. The van der Waals surface area contributed by atoms with Gasteiger partial charge in [-0.25, -0.2) is 14.5 Å². The SMILES string of the molecule is Cc1ccc(-n2c(SC(C)C)nc3ccccc3c2=O)nc1. The molecule has 112 valence electrons. The Labute approximate surface area is 133 Å². The number of fused-ring (bicyclic) bond motifs is 1. The van der Waals surface area contributed by atoms with Gasteiger partial charge in [0.25, 0.3) is 5.56 Å². The first-order valence-corrected chi connectivity index (χ1v) is 8.05. The Kier molecular flexibility index (Phi) is 3.98. The summed E-state index contributed by atoms with van der Waals surface area (Å²) >= 11 is 1.56. The molecule has 2 heterocycles. The zero-order chi connectivity index (χ0) is 15.7. The minimum absolute atomic E-state index is 0.0786. The zero-order valence-electron chi connectivity index (χ0n) is 12.8. The lowest BCUT2D eigenvalue weighted by atomic mass is 10.2. The Morgan fingerprint density at radius 1 is 1.14 bits per heavy atom. The fourth-order valence-electron chi connectivity index (χ4n) is 2.20. The minimum Gasteiger partial charge on any atom is -0.268 e. The molecule has 0 amide bonds. The van der Waals surface area contributed by atoms with E-state index in [0.717, 1.165) is 11.1 Å². The molecule has 0 radical (unpaired) electrons. The van der Waals surface area contributed by atoms with E-state index in [4.69, 9.17) is 0 Å². The highest BCUT2D eigenvalue weighted by atomic mass is 32.2. The second-order valence-corrected chi connectivity index (χ2v) is 6.96. The standard InChI is InChI=1S/C17H17N3OS/c1-11(2)22-17-19-14-7-5-4-6-13(14)16(21)20(17)15-9-8-12(3)10-18-15/h4-11H,1-3H3. The second-order valence-electron chi connectivity index (χ2n) is 5.41. The van der Waals surface area contributed by atoms with Crippen LogP contribution in [0.3, 0.4) is 0 Å². The van der Waals surface area contributed by atoms with Crippen LogP contribution in [0.5, 0.6) is 0 Å². The monoisotopic (exact) mass is 311 g/mol. The number of rotatable bonds is 3. The molecule has 0 saturated carbocycles. The van der Waals surface area contributed by atoms with Crippen molar-refractivity contribution in [3.8, 4) is 5.82 Å². The predicted octanol–water partition coefficient (Wildman–Crippen LogP) is 3.59. The van der Waals surface area contributed by atoms with E-state index < -0.39 is 0 Å². The molecule has 3 aromatic rings. The summed E-state index contributed by atoms with van der Waals surface area (Å²) in [5, 5.41) is 1.61. The second kappa shape index (κ2) is 5.93. The maximum Gasteiger partial charge on any atom is 0.267 e. The summed E-state index contributed by atoms with van der Waals surface area (Å²) in [5.74, 6) is 0.608. The lowest BCUT2D eigenvalue weighted by Gasteiger charge is -2.13. The highest BCUT2D eigenvalue weighted by molar-refractivity contribution is 7.99. The van der Waals surface area contributed by atoms with E-state index in [1.54, 1.807) is 28.6 Å². The first-order chi connectivity index (χ1) is 10.6. The lowest BCUT2D eigenvalue weighted by molar-refractivity contribution is 0.791. The van der Waals surface area contributed by atoms with Crippen molar-refractivity contribution in [2.24, 2.45) is 0 Å². The summed E-state index contributed by atoms with van der Waals surface area (Å²) in [7, 11) is 0. The van der Waals surface area contributed by atoms with Crippen LogP contribution in [0.2, 0.25) is 0 Å². The molecule has 2 aromatic heterocycles. The number of pyridine rings is 1. The van der Waals surface area contributed by atoms with Gasteiger partial charge in [0.15, 0.2) is 5.16 Å². The number of hydrogen-bond acceptors (Lipinski definition) is 4. The summed E-state index contributed by atoms with van der Waals surface area (Å²) < 4.78 is 1.60. The number of aromatic nitrogens is 3. The van der Waals surface area contributed by atoms with Crippen LogP contribution in [0, 0.1) is 6.92 Å². The molecular formula is C17H17N3OS. The Balaban J connectivity index is 2.32. The van der Waals surface area contributed by atoms with Gasteiger partial charge in [-0.1, -0.05) is 43.8 Å². The van der Waals surface area contributed by atoms with Gasteiger partial charge < -0.3 is 0 Å². The molecular weight excluding hydrogens is 294 g/mol. The summed E-state index contributed by atoms with van der Waals surface area (Å²) in [6.07, 6.45) is 1.76. The van der Waals surface area contributed by atoms with Gasteiger partial charge in [0.1, 0.15) is 5.82 Å². The third-order valence-electron chi connectivity index (χ3n) is 3.21. The van der Waals surface area contributed by atoms with Crippen molar-refractivity contribution in [2.75, 3.05) is 0 Å². The van der Waals surface area contributed by atoms with Gasteiger partial charge in [-0.15, -0.1) is 0 Å². The van der Waals surface area contributed by atoms with Crippen molar-refractivity contribution in [2.45, 2.75) is 31.2 Å². The third kappa shape index (κ3) is 2.76. The number of benzene rings is 1. The molecule has 0 aliphatic carbocycles. The minimum atomic E-state index is -0.0786. The molecule has 0 aliphatic rings. The van der Waals surface area contributed by atoms with Crippen LogP contribution in [0.1, 0.15) is 19.4 Å². The first-order valence-electron chi connectivity index (χ1n) is 7.18. The van der Waals surface area contributed by atoms with Crippen LogP contribution in [0.15, 0.2) is 52.5 Å². The van der Waals surface area contributed by atoms with Gasteiger partial charge in [-0.2, -0.15) is 0 Å². The quantitative estimate of drug-likeness (QED) is 0.548. The summed E-state index contributed by atoms with van der Waals surface area (Å²) in [5.41, 5.74) is 1.70. The van der Waals surface area contributed by atoms with Crippen LogP contribution < -0.4 is 5.56 Å². The average Bonchev–Trinajstić information content (AvgIpc) is 2.48. The largest absolute Gasteiger partial charge is 0.268 e. The van der Waals surface area contributed by atoms with E-state index in [2.05, 4.69) is 23.8 Å². The molecule has 0 atom stereocenters. The van der Waals surface area contributed by atoms with E-state index in [1.807, 2.05) is 37.3 Å². The average molecular weight is 311 g/mol. The Morgan fingerprint density at radius 3 is 2.59 bits per heavy atom. The molecule has 3 rings (SSSR count). The molecule has 22 heavy (non-hydrogen) atoms. The van der Waals surface area contributed by atoms with E-state index in [9.17, 15) is 4.79 Å². The van der Waals surface area contributed by atoms with Crippen molar-refractivity contribution in [3.05, 3.63) is 58.5 Å². The van der Waals surface area contributed by atoms with Crippen LogP contribution >= 0.6 is 11.8 Å². The number of thioether (sulfide) groups is 1. The Hall–Kier alpha value is -2.14. The lowest BCUT2D eigenvalue weighted by Crippen LogP contribution is -2.23. The Morgan fingerprint density at radius 2 is 1.91 bits per heavy atom. The zero-order valence-corrected chi connectivity index (χ0v) is 13.6. The van der Waals surface area contributed by atoms with Crippen LogP contribution in [0.4, 0.5) is 0 Å². The molecule has 0 fully saturated rings. The van der Waals surface area contributed by atoms with Crippen molar-refractivity contribution in [1.29, 1.82) is 0 Å². The molecule has 5 heteroatoms. The fourth-order valence-corrected chi connectivity index (χ4v) is 3.05. The van der Waals surface area contributed by atoms with E-state index in [-0.39, 0.29) is 5.56 Å². The van der Waals surface area contributed by atoms with Crippen LogP contribution in [-0.2, 0) is 0 Å². The van der Waals surface area contributed by atoms with Gasteiger partial charge in [0.2, 0.25) is 0 Å². The molecule has 0 unspecified atom stereocenters. The van der Waals surface area contributed by atoms with Gasteiger partial charge >= 0.3 is 0 Å². The number of para-hydroxylation sites is 1. The highest BCUT2D eigenvalue weighted by Gasteiger charge is 2.14. The van der Waals surface area contributed by atoms with E-state index >= 15 is 0 Å². The summed E-state index contributed by atoms with van der Waals surface area (Å²) in [6.45, 7) is 6.14. The van der Waals surface area contributed by atoms with E-state index in [0.29, 0.717) is 21.6 Å². The van der Waals surface area contributed by atoms with Crippen molar-refractivity contribution in [1.82, 2.24) is 14.5 Å². The summed E-state index contributed by atoms with van der Waals surface area (Å²) in [6, 6.07) is 11.2. The molecule has 1 aromatic carbocycles. The Bertz CT molecular complexity index is 869. The maximum atomic E-state index is 12.9. The van der Waals surface area contributed by atoms with Crippen molar-refractivity contribution < 1.29 is 0 Å². The van der Waals surface area contributed by atoms with Gasteiger partial charge in [-0.3, -0.25) is 4.79 Å². The van der Waals surface area contributed by atoms with Gasteiger partial charge in [0, 0.05) is 11.4 Å². The molecule has 4 nitrogen and oxygen atoms in total. The molecule has 0 aliphatic heterocycles. The number of nitrogens with zero attached hydrogens (tertiary/aromatic N) is 3. The molecule has 0 N–H and O–H groups in total. The third-order valence-corrected chi connectivity index (χ3v) is 4.17. The number of aryl methyl sites for hydroxylation is 1. The van der Waals surface area contributed by atoms with Crippen molar-refractivity contribution in [3.63, 3.8) is 0 Å². The van der Waals surface area contributed by atoms with Gasteiger partial charge in [-0.05, 0) is 30.7 Å². The predicted molar refractivity (Wildman–Crippen MR) is 90.9 cm³/mol. The maximum absolute atomic E-state index is 12.9. The first kappa shape index (κ1) is 14.8. The molecule has 0 bridgehead atoms. The molecule has 0 spiro atoms. The topological polar surface area (TPSA) is 47.8 Å². The van der Waals surface area contributed by atoms with Crippen molar-refractivity contribution >= 4 is 22.7 Å². The number of hydrogen-bond donors (Lipinski definition) is 0. The fraction of sp³-hybridized carbons (Fsp3) is 0.235.